The van der Waals surface area contributed by atoms with Crippen LogP contribution in [0, 0.1) is 0 Å². The van der Waals surface area contributed by atoms with Gasteiger partial charge in [-0.1, -0.05) is 0 Å². The summed E-state index contributed by atoms with van der Waals surface area (Å²) in [4.78, 5) is 0. The molecule has 4 heteroatoms. The van der Waals surface area contributed by atoms with Crippen LogP contribution in [0.1, 0.15) is 26.7 Å². The maximum atomic E-state index is 5.45. The van der Waals surface area contributed by atoms with E-state index in [4.69, 9.17) is 18.9 Å². The summed E-state index contributed by atoms with van der Waals surface area (Å²) in [6.07, 6.45) is 1.56. The molecule has 0 aromatic carbocycles. The van der Waals surface area contributed by atoms with Crippen molar-refractivity contribution in [3.8, 4) is 0 Å². The smallest absolute Gasteiger partial charge is 0.165 e. The molecule has 76 valence electrons. The van der Waals surface area contributed by atoms with E-state index in [0.29, 0.717) is 13.2 Å². The molecule has 0 saturated carbocycles. The van der Waals surface area contributed by atoms with Gasteiger partial charge in [-0.15, -0.1) is 0 Å². The van der Waals surface area contributed by atoms with Gasteiger partial charge in [0.05, 0.1) is 13.2 Å². The largest absolute Gasteiger partial charge is 0.348 e. The molecule has 0 radical (unpaired) electrons. The first-order chi connectivity index (χ1) is 6.18. The summed E-state index contributed by atoms with van der Waals surface area (Å²) >= 11 is 0. The van der Waals surface area contributed by atoms with Gasteiger partial charge < -0.3 is 18.9 Å². The van der Waals surface area contributed by atoms with Crippen molar-refractivity contribution >= 4 is 0 Å². The Hall–Kier alpha value is -0.160. The zero-order chi connectivity index (χ0) is 9.31. The molecule has 4 nitrogen and oxygen atoms in total. The van der Waals surface area contributed by atoms with E-state index < -0.39 is 5.79 Å². The zero-order valence-electron chi connectivity index (χ0n) is 8.12. The van der Waals surface area contributed by atoms with Crippen molar-refractivity contribution in [1.29, 1.82) is 0 Å². The molecular formula is C9H16O4. The predicted molar refractivity (Wildman–Crippen MR) is 45.0 cm³/mol. The predicted octanol–water partition coefficient (Wildman–Crippen LogP) is 1.25. The third-order valence-corrected chi connectivity index (χ3v) is 2.42. The van der Waals surface area contributed by atoms with Gasteiger partial charge in [0, 0.05) is 12.8 Å². The van der Waals surface area contributed by atoms with Crippen LogP contribution in [-0.2, 0) is 18.9 Å². The number of hydrogen-bond donors (Lipinski definition) is 0. The molecule has 2 heterocycles. The second-order valence-electron chi connectivity index (χ2n) is 3.64. The lowest BCUT2D eigenvalue weighted by Crippen LogP contribution is -2.40. The molecule has 0 amide bonds. The third kappa shape index (κ3) is 2.20. The molecule has 0 atom stereocenters. The van der Waals surface area contributed by atoms with Crippen LogP contribution in [0.4, 0.5) is 0 Å². The highest BCUT2D eigenvalue weighted by molar-refractivity contribution is 4.70. The topological polar surface area (TPSA) is 36.9 Å². The van der Waals surface area contributed by atoms with Crippen LogP contribution in [0.3, 0.4) is 0 Å². The van der Waals surface area contributed by atoms with E-state index in [2.05, 4.69) is 0 Å². The van der Waals surface area contributed by atoms with Crippen molar-refractivity contribution < 1.29 is 18.9 Å². The van der Waals surface area contributed by atoms with Crippen LogP contribution in [0.25, 0.3) is 0 Å². The third-order valence-electron chi connectivity index (χ3n) is 2.42. The first kappa shape index (κ1) is 9.40. The summed E-state index contributed by atoms with van der Waals surface area (Å²) in [5.41, 5.74) is 0. The Morgan fingerprint density at radius 2 is 1.85 bits per heavy atom. The van der Waals surface area contributed by atoms with Crippen molar-refractivity contribution in [1.82, 2.24) is 0 Å². The van der Waals surface area contributed by atoms with Gasteiger partial charge in [-0.3, -0.25) is 0 Å². The molecule has 0 spiro atoms. The number of ether oxygens (including phenoxy) is 4. The molecule has 13 heavy (non-hydrogen) atoms. The van der Waals surface area contributed by atoms with Crippen LogP contribution < -0.4 is 0 Å². The molecule has 0 aliphatic carbocycles. The van der Waals surface area contributed by atoms with Crippen molar-refractivity contribution in [2.24, 2.45) is 0 Å². The van der Waals surface area contributed by atoms with E-state index in [1.54, 1.807) is 0 Å². The van der Waals surface area contributed by atoms with Gasteiger partial charge >= 0.3 is 0 Å². The lowest BCUT2D eigenvalue weighted by Gasteiger charge is -2.35. The highest BCUT2D eigenvalue weighted by Crippen LogP contribution is 2.28. The molecule has 2 fully saturated rings. The average Bonchev–Trinajstić information content (AvgIpc) is 2.45. The van der Waals surface area contributed by atoms with Crippen molar-refractivity contribution in [3.63, 3.8) is 0 Å². The number of hydrogen-bond acceptors (Lipinski definition) is 4. The molecular weight excluding hydrogens is 172 g/mol. The Kier molecular flexibility index (Phi) is 2.55. The molecule has 0 N–H and O–H groups in total. The number of rotatable bonds is 3. The maximum Gasteiger partial charge on any atom is 0.165 e. The monoisotopic (exact) mass is 188 g/mol. The standard InChI is InChI=1S/C9H16O4/c1-7-12-8(13-7)3-4-9(2)10-5-6-11-9/h7-8H,3-6H2,1-2H3. The van der Waals surface area contributed by atoms with E-state index >= 15 is 0 Å². The average molecular weight is 188 g/mol. The van der Waals surface area contributed by atoms with Crippen LogP contribution >= 0.6 is 0 Å². The molecule has 0 aromatic rings. The first-order valence-electron chi connectivity index (χ1n) is 4.77. The fourth-order valence-corrected chi connectivity index (χ4v) is 1.65. The van der Waals surface area contributed by atoms with Crippen molar-refractivity contribution in [3.05, 3.63) is 0 Å². The lowest BCUT2D eigenvalue weighted by molar-refractivity contribution is -0.380. The first-order valence-corrected chi connectivity index (χ1v) is 4.77. The van der Waals surface area contributed by atoms with Gasteiger partial charge in [-0.2, -0.15) is 0 Å². The van der Waals surface area contributed by atoms with Crippen molar-refractivity contribution in [2.45, 2.75) is 45.1 Å². The summed E-state index contributed by atoms with van der Waals surface area (Å²) in [7, 11) is 0. The lowest BCUT2D eigenvalue weighted by atomic mass is 10.1. The minimum Gasteiger partial charge on any atom is -0.348 e. The summed E-state index contributed by atoms with van der Waals surface area (Å²) in [6, 6.07) is 0. The second-order valence-corrected chi connectivity index (χ2v) is 3.64. The summed E-state index contributed by atoms with van der Waals surface area (Å²) < 4.78 is 21.5. The quantitative estimate of drug-likeness (QED) is 0.668. The fourth-order valence-electron chi connectivity index (χ4n) is 1.65. The summed E-state index contributed by atoms with van der Waals surface area (Å²) in [5.74, 6) is -0.411. The van der Waals surface area contributed by atoms with E-state index in [1.807, 2.05) is 13.8 Å². The van der Waals surface area contributed by atoms with E-state index in [1.165, 1.54) is 0 Å². The van der Waals surface area contributed by atoms with Gasteiger partial charge in [0.1, 0.15) is 0 Å². The van der Waals surface area contributed by atoms with E-state index in [9.17, 15) is 0 Å². The van der Waals surface area contributed by atoms with Gasteiger partial charge in [0.15, 0.2) is 18.4 Å². The molecule has 2 aliphatic heterocycles. The normalized spacial score (nSPS) is 37.4. The Morgan fingerprint density at radius 3 is 2.38 bits per heavy atom. The zero-order valence-corrected chi connectivity index (χ0v) is 8.12. The molecule has 0 unspecified atom stereocenters. The van der Waals surface area contributed by atoms with Crippen LogP contribution in [0.15, 0.2) is 0 Å². The molecule has 2 rings (SSSR count). The van der Waals surface area contributed by atoms with Gasteiger partial charge in [-0.05, 0) is 13.8 Å². The Balaban J connectivity index is 1.67. The maximum absolute atomic E-state index is 5.45. The van der Waals surface area contributed by atoms with Crippen LogP contribution in [0.2, 0.25) is 0 Å². The summed E-state index contributed by atoms with van der Waals surface area (Å²) in [6.45, 7) is 5.24. The molecule has 2 saturated heterocycles. The fraction of sp³-hybridized carbons (Fsp3) is 1.00. The molecule has 0 aromatic heterocycles. The van der Waals surface area contributed by atoms with Crippen LogP contribution in [-0.4, -0.2) is 31.6 Å². The van der Waals surface area contributed by atoms with Crippen LogP contribution in [0.5, 0.6) is 0 Å². The summed E-state index contributed by atoms with van der Waals surface area (Å²) in [5, 5.41) is 0. The van der Waals surface area contributed by atoms with Crippen molar-refractivity contribution in [2.75, 3.05) is 13.2 Å². The molecule has 0 bridgehead atoms. The van der Waals surface area contributed by atoms with E-state index in [-0.39, 0.29) is 12.6 Å². The Morgan fingerprint density at radius 1 is 1.23 bits per heavy atom. The van der Waals surface area contributed by atoms with Gasteiger partial charge in [0.25, 0.3) is 0 Å². The van der Waals surface area contributed by atoms with E-state index in [0.717, 1.165) is 12.8 Å². The highest BCUT2D eigenvalue weighted by Gasteiger charge is 2.34. The van der Waals surface area contributed by atoms with Gasteiger partial charge in [0.2, 0.25) is 0 Å². The van der Waals surface area contributed by atoms with Gasteiger partial charge in [-0.25, -0.2) is 0 Å². The SMILES string of the molecule is CC1OC(CCC2(C)OCCO2)O1. The second kappa shape index (κ2) is 3.53. The minimum atomic E-state index is -0.411. The molecule has 2 aliphatic rings. The Bertz CT molecular complexity index is 170. The Labute approximate surface area is 78.1 Å². The highest BCUT2D eigenvalue weighted by atomic mass is 16.9. The minimum absolute atomic E-state index is 0.0387.